The summed E-state index contributed by atoms with van der Waals surface area (Å²) in [5.74, 6) is 0.206. The van der Waals surface area contributed by atoms with Gasteiger partial charge < -0.3 is 79.3 Å². The fourth-order valence-electron chi connectivity index (χ4n) is 5.17. The zero-order valence-electron chi connectivity index (χ0n) is 62.4. The van der Waals surface area contributed by atoms with E-state index in [0.29, 0.717) is 112 Å². The Morgan fingerprint density at radius 3 is 0.865 bits per heavy atom. The molecule has 0 fully saturated rings. The molecule has 0 aliphatic rings. The molecule has 0 aliphatic heterocycles. The van der Waals surface area contributed by atoms with Crippen LogP contribution in [0.4, 0.5) is 0 Å². The summed E-state index contributed by atoms with van der Waals surface area (Å²) in [5.41, 5.74) is 5.10. The summed E-state index contributed by atoms with van der Waals surface area (Å²) in [6.07, 6.45) is 13.7. The van der Waals surface area contributed by atoms with E-state index in [0.717, 1.165) is 82.3 Å². The average Bonchev–Trinajstić information content (AvgIpc) is 3.11. The maximum Gasteiger partial charge on any atom is 2.00 e. The van der Waals surface area contributed by atoms with Crippen molar-refractivity contribution in [1.82, 2.24) is 75.0 Å². The molecule has 0 atom stereocenters. The van der Waals surface area contributed by atoms with Crippen LogP contribution in [0.1, 0.15) is 199 Å². The summed E-state index contributed by atoms with van der Waals surface area (Å²) < 4.78 is 40.8. The van der Waals surface area contributed by atoms with E-state index in [2.05, 4.69) is 190 Å². The number of Topliss-reactive ketones (excluding diaryl/α,β-unsaturated/α-hetero) is 1. The molecule has 0 saturated heterocycles. The molecule has 0 spiro atoms. The van der Waals surface area contributed by atoms with Gasteiger partial charge in [-0.1, -0.05) is 171 Å². The molecule has 0 radical (unpaired) electrons. The molecule has 0 N–H and O–H groups in total. The van der Waals surface area contributed by atoms with E-state index in [9.17, 15) is 4.79 Å². The second-order valence-corrected chi connectivity index (χ2v) is 25.3. The zero-order chi connectivity index (χ0) is 68.3. The Morgan fingerprint density at radius 2 is 0.635 bits per heavy atom. The molecule has 30 heteroatoms. The van der Waals surface area contributed by atoms with Gasteiger partial charge in [0, 0.05) is 142 Å². The van der Waals surface area contributed by atoms with E-state index in [1.165, 1.54) is 0 Å². The van der Waals surface area contributed by atoms with Crippen molar-refractivity contribution in [1.29, 1.82) is 0 Å². The van der Waals surface area contributed by atoms with Gasteiger partial charge in [0.05, 0.1) is 71.7 Å². The van der Waals surface area contributed by atoms with E-state index in [4.69, 9.17) is 28.4 Å². The first-order chi connectivity index (χ1) is 41.2. The third-order valence-electron chi connectivity index (χ3n) is 10.9. The molecule has 0 unspecified atom stereocenters. The maximum absolute atomic E-state index is 11.7. The Labute approximate surface area is 699 Å². The van der Waals surface area contributed by atoms with Gasteiger partial charge in [-0.25, -0.2) is 23.2 Å². The SMILES string of the molecule is CCOCCn1cc(COCCC(=O)C(C)(C)C)nn1.CCOCCn1cc(COCCC(C)(C)C)nn1.[CH2-]C.[CH2-]C.[CH2-]CC(C)(C)C.[CH2-]CC(C)(C)C.[CH2-]Cn1cc(COCCC(C)(C)C)nn1.[CH2-]Cn1cc([CH2-])nn1.[CH2-]c1cn(CCOCC)nn1.[W+2].[W+2].[W+2].[W+2].[W].[W].[W].[W]. The van der Waals surface area contributed by atoms with Crippen LogP contribution in [0.25, 0.3) is 0 Å². The average molecular weight is 2710 g/mol. The third kappa shape index (κ3) is 83.3. The molecule has 5 heterocycles. The van der Waals surface area contributed by atoms with E-state index < -0.39 is 0 Å². The fraction of sp³-hybridized carbons (Fsp3) is 0.712. The predicted molar refractivity (Wildman–Crippen MR) is 356 cm³/mol. The van der Waals surface area contributed by atoms with Crippen LogP contribution in [0.3, 0.4) is 0 Å². The number of ether oxygens (including phenoxy) is 6. The number of carbonyl (C=O) groups is 1. The van der Waals surface area contributed by atoms with Crippen LogP contribution >= 0.6 is 0 Å². The van der Waals surface area contributed by atoms with Crippen LogP contribution < -0.4 is 0 Å². The van der Waals surface area contributed by atoms with Crippen molar-refractivity contribution in [3.63, 3.8) is 0 Å². The molecular weight excluding hydrogens is 2590 g/mol. The standard InChI is InChI=1S/C14H25N3O3.C13H25N3O2.C11H20N3O.C7H12N3O.2C6H13.C5H7N3.2C2H5.8W/c1-5-19-9-7-17-10-12(15-16-17)11-20-8-6-13(18)14(2,3)4;1-5-17-9-7-16-10-12(14-15-16)11-18-8-6-13(2,3)4;1-5-14-8-10(12-13-14)9-15-7-6-11(2,3)4;1-3-11-5-4-10-6-7(2)8-9-10;2*1-5-6(2,3)4;1-3-8-4-5(2)6-7-8;2*1-2;;;;;;;;/h10H,5-9,11H2,1-4H3;10H,5-9,11H2,1-4H3;8H,1,5-7,9H2,2-4H3;6H,2-5H2,1H3;2*1,5H2,2-4H3;4H,1-3H2;2*1H2,2H3;;;;;;;;/q;;4*-1;-2;2*-1;;;;;4*+2. The number of nitrogens with zero attached hydrogens (tertiary/aromatic N) is 15. The molecule has 0 saturated carbocycles. The Balaban J connectivity index is -0.0000000867. The van der Waals surface area contributed by atoms with Gasteiger partial charge in [0.25, 0.3) is 0 Å². The number of carbonyl (C=O) groups excluding carboxylic acids is 1. The van der Waals surface area contributed by atoms with Gasteiger partial charge in [0.15, 0.2) is 0 Å². The molecular formula is C66H125N15O7W8. The number of hydrogen-bond donors (Lipinski definition) is 0. The summed E-state index contributed by atoms with van der Waals surface area (Å²) in [6, 6.07) is 0. The molecule has 96 heavy (non-hydrogen) atoms. The van der Waals surface area contributed by atoms with Gasteiger partial charge in [0.2, 0.25) is 0 Å². The van der Waals surface area contributed by atoms with Crippen molar-refractivity contribution in [2.24, 2.45) is 27.1 Å². The van der Waals surface area contributed by atoms with Crippen LogP contribution in [0.15, 0.2) is 31.0 Å². The number of aromatic nitrogens is 15. The normalized spacial score (nSPS) is 10.2. The molecule has 0 amide bonds. The van der Waals surface area contributed by atoms with Crippen molar-refractivity contribution in [3.8, 4) is 0 Å². The number of ketones is 1. The van der Waals surface area contributed by atoms with E-state index >= 15 is 0 Å². The van der Waals surface area contributed by atoms with Crippen LogP contribution in [0, 0.1) is 82.5 Å². The molecule has 0 aliphatic carbocycles. The number of hydrogen-bond acceptors (Lipinski definition) is 17. The van der Waals surface area contributed by atoms with Crippen molar-refractivity contribution in [3.05, 3.63) is 115 Å². The zero-order valence-corrected chi connectivity index (χ0v) is 85.9. The summed E-state index contributed by atoms with van der Waals surface area (Å²) >= 11 is 0. The monoisotopic (exact) mass is 2710 g/mol. The van der Waals surface area contributed by atoms with E-state index in [1.54, 1.807) is 49.7 Å². The third-order valence-corrected chi connectivity index (χ3v) is 10.9. The van der Waals surface area contributed by atoms with Crippen LogP contribution in [-0.2, 0) is 254 Å². The molecule has 0 bridgehead atoms. The minimum atomic E-state index is -0.300. The quantitative estimate of drug-likeness (QED) is 0.0352. The predicted octanol–water partition coefficient (Wildman–Crippen LogP) is 13.1. The maximum atomic E-state index is 11.7. The largest absolute Gasteiger partial charge is 2.00 e. The van der Waals surface area contributed by atoms with Gasteiger partial charge in [-0.15, -0.1) is 21.8 Å². The van der Waals surface area contributed by atoms with Crippen molar-refractivity contribution < 1.29 is 202 Å². The summed E-state index contributed by atoms with van der Waals surface area (Å²) in [7, 11) is 0. The molecule has 5 rings (SSSR count). The van der Waals surface area contributed by atoms with Crippen molar-refractivity contribution in [2.45, 2.75) is 223 Å². The first kappa shape index (κ1) is 123. The topological polar surface area (TPSA) is 226 Å². The molecule has 0 aromatic carbocycles. The van der Waals surface area contributed by atoms with Gasteiger partial charge in [0.1, 0.15) is 22.9 Å². The molecule has 554 valence electrons. The Bertz CT molecular complexity index is 2330. The second kappa shape index (κ2) is 75.1. The Hall–Kier alpha value is 0.376. The van der Waals surface area contributed by atoms with E-state index in [-0.39, 0.29) is 180 Å². The minimum absolute atomic E-state index is 0. The van der Waals surface area contributed by atoms with Gasteiger partial charge in [-0.2, -0.15) is 36.9 Å². The second-order valence-electron chi connectivity index (χ2n) is 25.3. The summed E-state index contributed by atoms with van der Waals surface area (Å²) in [4.78, 5) is 11.7. The number of rotatable bonds is 27. The van der Waals surface area contributed by atoms with Gasteiger partial charge in [-0.3, -0.25) is 9.48 Å². The van der Waals surface area contributed by atoms with Crippen LogP contribution in [0.5, 0.6) is 0 Å². The first-order valence-corrected chi connectivity index (χ1v) is 30.9. The van der Waals surface area contributed by atoms with Gasteiger partial charge in [-0.05, 0) is 44.4 Å². The fourth-order valence-corrected chi connectivity index (χ4v) is 5.17. The molecule has 22 nitrogen and oxygen atoms in total. The van der Waals surface area contributed by atoms with Crippen molar-refractivity contribution >= 4 is 5.78 Å². The first-order valence-electron chi connectivity index (χ1n) is 30.9. The minimum Gasteiger partial charge on any atom is -0.380 e. The summed E-state index contributed by atoms with van der Waals surface area (Å²) in [6.45, 7) is 80.9. The summed E-state index contributed by atoms with van der Waals surface area (Å²) in [5, 5.41) is 38.8. The van der Waals surface area contributed by atoms with Crippen LogP contribution in [0.2, 0.25) is 0 Å². The smallest absolute Gasteiger partial charge is 0.380 e. The molecule has 5 aromatic rings. The Kier molecular flexibility index (Phi) is 96.3. The molecule has 5 aromatic heterocycles. The Morgan fingerprint density at radius 1 is 0.385 bits per heavy atom. The van der Waals surface area contributed by atoms with Gasteiger partial charge >= 0.3 is 84.3 Å². The van der Waals surface area contributed by atoms with Crippen molar-refractivity contribution in [2.75, 3.05) is 59.5 Å². The van der Waals surface area contributed by atoms with Crippen LogP contribution in [-0.4, -0.2) is 140 Å². The van der Waals surface area contributed by atoms with E-state index in [1.807, 2.05) is 60.1 Å².